The molecule has 0 bridgehead atoms. The third kappa shape index (κ3) is 2.99. The van der Waals surface area contributed by atoms with Crippen molar-refractivity contribution in [3.05, 3.63) is 66.7 Å². The lowest BCUT2D eigenvalue weighted by molar-refractivity contribution is 1.47. The third-order valence-electron chi connectivity index (χ3n) is 4.00. The maximum atomic E-state index is 5.83. The molecule has 0 amide bonds. The number of nitrogens with two attached hydrogens (primary N) is 1. The van der Waals surface area contributed by atoms with E-state index in [1.165, 1.54) is 16.7 Å². The monoisotopic (exact) mass is 303 g/mol. The van der Waals surface area contributed by atoms with Crippen LogP contribution in [0.1, 0.15) is 0 Å². The zero-order valence-corrected chi connectivity index (χ0v) is 13.4. The third-order valence-corrected chi connectivity index (χ3v) is 4.00. The average Bonchev–Trinajstić information content (AvgIpc) is 2.61. The maximum Gasteiger partial charge on any atom is 0.0423 e. The molecule has 0 aliphatic heterocycles. The van der Waals surface area contributed by atoms with E-state index in [2.05, 4.69) is 65.2 Å². The van der Waals surface area contributed by atoms with Gasteiger partial charge in [0, 0.05) is 36.7 Å². The SMILES string of the molecule is CNc1cccc(-c2c(NC)cccc2-c2ccc(N)cc2)c1. The highest BCUT2D eigenvalue weighted by Crippen LogP contribution is 2.38. The molecule has 0 fully saturated rings. The number of nitrogen functional groups attached to an aromatic ring is 1. The molecule has 4 N–H and O–H groups in total. The van der Waals surface area contributed by atoms with E-state index in [9.17, 15) is 0 Å². The van der Waals surface area contributed by atoms with Crippen LogP contribution in [0.15, 0.2) is 66.7 Å². The quantitative estimate of drug-likeness (QED) is 0.613. The lowest BCUT2D eigenvalue weighted by atomic mass is 9.92. The molecule has 0 spiro atoms. The van der Waals surface area contributed by atoms with Crippen LogP contribution in [0.3, 0.4) is 0 Å². The molecule has 0 heterocycles. The fourth-order valence-corrected chi connectivity index (χ4v) is 2.81. The molecule has 0 aliphatic carbocycles. The summed E-state index contributed by atoms with van der Waals surface area (Å²) in [6.07, 6.45) is 0. The van der Waals surface area contributed by atoms with Crippen molar-refractivity contribution in [2.75, 3.05) is 30.5 Å². The second kappa shape index (κ2) is 6.44. The summed E-state index contributed by atoms with van der Waals surface area (Å²) in [6.45, 7) is 0. The van der Waals surface area contributed by atoms with Gasteiger partial charge in [-0.25, -0.2) is 0 Å². The molecule has 0 aromatic heterocycles. The van der Waals surface area contributed by atoms with E-state index in [1.807, 2.05) is 26.2 Å². The van der Waals surface area contributed by atoms with Gasteiger partial charge in [-0.05, 0) is 47.0 Å². The zero-order chi connectivity index (χ0) is 16.2. The summed E-state index contributed by atoms with van der Waals surface area (Å²) in [5, 5.41) is 6.51. The molecule has 0 atom stereocenters. The van der Waals surface area contributed by atoms with Gasteiger partial charge in [0.1, 0.15) is 0 Å². The Balaban J connectivity index is 2.23. The lowest BCUT2D eigenvalue weighted by Crippen LogP contribution is -1.96. The van der Waals surface area contributed by atoms with Crippen LogP contribution in [0.2, 0.25) is 0 Å². The number of anilines is 3. The topological polar surface area (TPSA) is 50.1 Å². The molecular formula is C20H21N3. The molecule has 0 saturated heterocycles. The molecule has 3 rings (SSSR count). The minimum atomic E-state index is 0.775. The Hall–Kier alpha value is -2.94. The molecule has 0 unspecified atom stereocenters. The van der Waals surface area contributed by atoms with Crippen LogP contribution >= 0.6 is 0 Å². The van der Waals surface area contributed by atoms with E-state index in [-0.39, 0.29) is 0 Å². The van der Waals surface area contributed by atoms with Gasteiger partial charge < -0.3 is 16.4 Å². The van der Waals surface area contributed by atoms with Crippen molar-refractivity contribution >= 4 is 17.1 Å². The van der Waals surface area contributed by atoms with E-state index in [1.54, 1.807) is 0 Å². The van der Waals surface area contributed by atoms with Crippen LogP contribution in [0.25, 0.3) is 22.3 Å². The van der Waals surface area contributed by atoms with E-state index in [4.69, 9.17) is 5.73 Å². The smallest absolute Gasteiger partial charge is 0.0423 e. The number of hydrogen-bond acceptors (Lipinski definition) is 3. The number of hydrogen-bond donors (Lipinski definition) is 3. The summed E-state index contributed by atoms with van der Waals surface area (Å²) < 4.78 is 0. The van der Waals surface area contributed by atoms with E-state index in [0.717, 1.165) is 22.6 Å². The van der Waals surface area contributed by atoms with Crippen molar-refractivity contribution in [3.8, 4) is 22.3 Å². The van der Waals surface area contributed by atoms with Crippen molar-refractivity contribution in [1.29, 1.82) is 0 Å². The first-order chi connectivity index (χ1) is 11.2. The molecular weight excluding hydrogens is 282 g/mol. The fraction of sp³-hybridized carbons (Fsp3) is 0.100. The van der Waals surface area contributed by atoms with Gasteiger partial charge in [0.15, 0.2) is 0 Å². The summed E-state index contributed by atoms with van der Waals surface area (Å²) in [5.74, 6) is 0. The predicted molar refractivity (Wildman–Crippen MR) is 101 cm³/mol. The van der Waals surface area contributed by atoms with Crippen LogP contribution in [-0.2, 0) is 0 Å². The highest BCUT2D eigenvalue weighted by Gasteiger charge is 2.12. The van der Waals surface area contributed by atoms with E-state index in [0.29, 0.717) is 0 Å². The number of nitrogens with one attached hydrogen (secondary N) is 2. The molecule has 3 aromatic carbocycles. The Labute approximate surface area is 137 Å². The highest BCUT2D eigenvalue weighted by atomic mass is 14.8. The van der Waals surface area contributed by atoms with Gasteiger partial charge in [-0.3, -0.25) is 0 Å². The van der Waals surface area contributed by atoms with Gasteiger partial charge in [0.2, 0.25) is 0 Å². The predicted octanol–water partition coefficient (Wildman–Crippen LogP) is 4.69. The normalized spacial score (nSPS) is 10.3. The summed E-state index contributed by atoms with van der Waals surface area (Å²) in [4.78, 5) is 0. The Morgan fingerprint density at radius 1 is 0.739 bits per heavy atom. The van der Waals surface area contributed by atoms with Crippen LogP contribution in [0.5, 0.6) is 0 Å². The van der Waals surface area contributed by atoms with Crippen LogP contribution < -0.4 is 16.4 Å². The van der Waals surface area contributed by atoms with Gasteiger partial charge >= 0.3 is 0 Å². The Morgan fingerprint density at radius 3 is 2.17 bits per heavy atom. The highest BCUT2D eigenvalue weighted by molar-refractivity contribution is 5.92. The van der Waals surface area contributed by atoms with Crippen molar-refractivity contribution in [2.45, 2.75) is 0 Å². The molecule has 0 radical (unpaired) electrons. The standard InChI is InChI=1S/C20H21N3/c1-22-17-6-3-5-15(13-17)20-18(7-4-8-19(20)23-2)14-9-11-16(21)12-10-14/h3-13,22-23H,21H2,1-2H3. The van der Waals surface area contributed by atoms with Crippen molar-refractivity contribution in [1.82, 2.24) is 0 Å². The van der Waals surface area contributed by atoms with Crippen LogP contribution in [0.4, 0.5) is 17.1 Å². The van der Waals surface area contributed by atoms with Crippen molar-refractivity contribution < 1.29 is 0 Å². The summed E-state index contributed by atoms with van der Waals surface area (Å²) in [5.41, 5.74) is 13.5. The number of benzene rings is 3. The molecule has 23 heavy (non-hydrogen) atoms. The Bertz CT molecular complexity index is 807. The molecule has 3 heteroatoms. The number of rotatable bonds is 4. The molecule has 0 saturated carbocycles. The fourth-order valence-electron chi connectivity index (χ4n) is 2.81. The first kappa shape index (κ1) is 15.0. The first-order valence-corrected chi connectivity index (χ1v) is 7.68. The minimum Gasteiger partial charge on any atom is -0.399 e. The molecule has 3 nitrogen and oxygen atoms in total. The van der Waals surface area contributed by atoms with Crippen molar-refractivity contribution in [2.24, 2.45) is 0 Å². The van der Waals surface area contributed by atoms with Gasteiger partial charge in [-0.15, -0.1) is 0 Å². The minimum absolute atomic E-state index is 0.775. The van der Waals surface area contributed by atoms with E-state index >= 15 is 0 Å². The molecule has 116 valence electrons. The summed E-state index contributed by atoms with van der Waals surface area (Å²) in [6, 6.07) is 22.8. The van der Waals surface area contributed by atoms with Gasteiger partial charge in [0.05, 0.1) is 0 Å². The van der Waals surface area contributed by atoms with Crippen molar-refractivity contribution in [3.63, 3.8) is 0 Å². The van der Waals surface area contributed by atoms with Gasteiger partial charge in [0.25, 0.3) is 0 Å². The van der Waals surface area contributed by atoms with Crippen LogP contribution in [-0.4, -0.2) is 14.1 Å². The first-order valence-electron chi connectivity index (χ1n) is 7.68. The van der Waals surface area contributed by atoms with Crippen LogP contribution in [0, 0.1) is 0 Å². The van der Waals surface area contributed by atoms with Gasteiger partial charge in [-0.2, -0.15) is 0 Å². The maximum absolute atomic E-state index is 5.83. The molecule has 0 aliphatic rings. The Kier molecular flexibility index (Phi) is 4.20. The average molecular weight is 303 g/mol. The zero-order valence-electron chi connectivity index (χ0n) is 13.4. The summed E-state index contributed by atoms with van der Waals surface area (Å²) >= 11 is 0. The van der Waals surface area contributed by atoms with Gasteiger partial charge in [-0.1, -0.05) is 36.4 Å². The summed E-state index contributed by atoms with van der Waals surface area (Å²) in [7, 11) is 3.89. The van der Waals surface area contributed by atoms with E-state index < -0.39 is 0 Å². The lowest BCUT2D eigenvalue weighted by Gasteiger charge is -2.16. The Morgan fingerprint density at radius 2 is 1.48 bits per heavy atom. The molecule has 3 aromatic rings. The largest absolute Gasteiger partial charge is 0.399 e. The second-order valence-electron chi connectivity index (χ2n) is 5.43. The second-order valence-corrected chi connectivity index (χ2v) is 5.43.